The zero-order valence-electron chi connectivity index (χ0n) is 12.0. The van der Waals surface area contributed by atoms with E-state index in [2.05, 4.69) is 9.97 Å². The lowest BCUT2D eigenvalue weighted by molar-refractivity contribution is 0.103. The van der Waals surface area contributed by atoms with Gasteiger partial charge in [-0.25, -0.2) is 4.98 Å². The van der Waals surface area contributed by atoms with E-state index >= 15 is 0 Å². The Kier molecular flexibility index (Phi) is 4.25. The predicted molar refractivity (Wildman–Crippen MR) is 85.3 cm³/mol. The first kappa shape index (κ1) is 14.4. The summed E-state index contributed by atoms with van der Waals surface area (Å²) in [5.74, 6) is 0.443. The first-order chi connectivity index (χ1) is 10.7. The van der Waals surface area contributed by atoms with Crippen molar-refractivity contribution in [2.24, 2.45) is 0 Å². The number of aryl methyl sites for hydroxylation is 1. The van der Waals surface area contributed by atoms with Gasteiger partial charge in [-0.3, -0.25) is 9.78 Å². The monoisotopic (exact) mass is 310 g/mol. The summed E-state index contributed by atoms with van der Waals surface area (Å²) in [6, 6.07) is 11.6. The predicted octanol–water partition coefficient (Wildman–Crippen LogP) is 3.66. The van der Waals surface area contributed by atoms with E-state index < -0.39 is 0 Å². The fourth-order valence-corrected chi connectivity index (χ4v) is 2.67. The minimum Gasteiger partial charge on any atom is -0.487 e. The summed E-state index contributed by atoms with van der Waals surface area (Å²) in [4.78, 5) is 21.5. The number of ether oxygens (including phenoxy) is 1. The second-order valence-electron chi connectivity index (χ2n) is 4.79. The Morgan fingerprint density at radius 3 is 2.73 bits per heavy atom. The number of benzene rings is 1. The first-order valence-corrected chi connectivity index (χ1v) is 7.63. The Balaban J connectivity index is 1.74. The van der Waals surface area contributed by atoms with Gasteiger partial charge in [-0.2, -0.15) is 0 Å². The van der Waals surface area contributed by atoms with Crippen molar-refractivity contribution in [3.63, 3.8) is 0 Å². The van der Waals surface area contributed by atoms with Crippen LogP contribution in [0.3, 0.4) is 0 Å². The van der Waals surface area contributed by atoms with Gasteiger partial charge in [0.15, 0.2) is 5.01 Å². The van der Waals surface area contributed by atoms with Crippen molar-refractivity contribution >= 4 is 17.1 Å². The van der Waals surface area contributed by atoms with Crippen LogP contribution in [0.4, 0.5) is 0 Å². The van der Waals surface area contributed by atoms with Crippen molar-refractivity contribution in [2.45, 2.75) is 13.5 Å². The maximum absolute atomic E-state index is 12.3. The minimum atomic E-state index is -0.129. The van der Waals surface area contributed by atoms with Gasteiger partial charge in [-0.05, 0) is 18.6 Å². The Morgan fingerprint density at radius 1 is 1.18 bits per heavy atom. The lowest BCUT2D eigenvalue weighted by Crippen LogP contribution is -2.02. The first-order valence-electron chi connectivity index (χ1n) is 6.81. The van der Waals surface area contributed by atoms with E-state index in [1.54, 1.807) is 18.5 Å². The molecule has 0 bridgehead atoms. The molecule has 0 amide bonds. The molecule has 0 aliphatic carbocycles. The molecule has 0 radical (unpaired) electrons. The summed E-state index contributed by atoms with van der Waals surface area (Å²) >= 11 is 1.38. The number of nitrogens with zero attached hydrogens (tertiary/aromatic N) is 2. The van der Waals surface area contributed by atoms with Crippen LogP contribution < -0.4 is 4.74 Å². The molecule has 1 aromatic carbocycles. The van der Waals surface area contributed by atoms with Crippen LogP contribution in [0, 0.1) is 6.92 Å². The molecular formula is C17H14N2O2S. The van der Waals surface area contributed by atoms with Gasteiger partial charge in [0.25, 0.3) is 0 Å². The molecule has 0 saturated heterocycles. The van der Waals surface area contributed by atoms with Crippen molar-refractivity contribution < 1.29 is 9.53 Å². The average molecular weight is 310 g/mol. The summed E-state index contributed by atoms with van der Waals surface area (Å²) in [6.07, 6.45) is 4.84. The molecule has 0 aliphatic heterocycles. The molecule has 2 heterocycles. The fourth-order valence-electron chi connectivity index (χ4n) is 1.95. The summed E-state index contributed by atoms with van der Waals surface area (Å²) < 4.78 is 5.69. The van der Waals surface area contributed by atoms with E-state index in [4.69, 9.17) is 4.74 Å². The number of pyridine rings is 1. The minimum absolute atomic E-state index is 0.129. The molecule has 0 fully saturated rings. The molecule has 22 heavy (non-hydrogen) atoms. The Hall–Kier alpha value is -2.53. The third-order valence-electron chi connectivity index (χ3n) is 3.04. The SMILES string of the molecule is Cc1cnc(C(=O)c2cncc(OCc3ccccc3)c2)s1. The highest BCUT2D eigenvalue weighted by atomic mass is 32.1. The van der Waals surface area contributed by atoms with Gasteiger partial charge in [-0.15, -0.1) is 11.3 Å². The second kappa shape index (κ2) is 6.49. The number of hydrogen-bond acceptors (Lipinski definition) is 5. The second-order valence-corrected chi connectivity index (χ2v) is 6.02. The topological polar surface area (TPSA) is 52.1 Å². The molecule has 2 aromatic heterocycles. The zero-order chi connectivity index (χ0) is 15.4. The largest absolute Gasteiger partial charge is 0.487 e. The van der Waals surface area contributed by atoms with Crippen LogP contribution in [0.5, 0.6) is 5.75 Å². The van der Waals surface area contributed by atoms with Gasteiger partial charge in [-0.1, -0.05) is 30.3 Å². The molecule has 0 saturated carbocycles. The number of rotatable bonds is 5. The molecule has 0 aliphatic rings. The van der Waals surface area contributed by atoms with Gasteiger partial charge < -0.3 is 4.74 Å². The molecule has 110 valence electrons. The molecule has 0 N–H and O–H groups in total. The normalized spacial score (nSPS) is 10.4. The van der Waals surface area contributed by atoms with Gasteiger partial charge in [0.1, 0.15) is 12.4 Å². The Morgan fingerprint density at radius 2 is 2.00 bits per heavy atom. The highest BCUT2D eigenvalue weighted by Gasteiger charge is 2.14. The van der Waals surface area contributed by atoms with Crippen LogP contribution >= 0.6 is 11.3 Å². The molecule has 0 atom stereocenters. The number of carbonyl (C=O) groups excluding carboxylic acids is 1. The van der Waals surface area contributed by atoms with Gasteiger partial charge >= 0.3 is 0 Å². The van der Waals surface area contributed by atoms with Crippen molar-refractivity contribution in [1.82, 2.24) is 9.97 Å². The van der Waals surface area contributed by atoms with E-state index in [9.17, 15) is 4.79 Å². The molecule has 0 unspecified atom stereocenters. The van der Waals surface area contributed by atoms with Crippen LogP contribution in [0.2, 0.25) is 0 Å². The van der Waals surface area contributed by atoms with Crippen LogP contribution in [0.1, 0.15) is 25.8 Å². The molecule has 4 nitrogen and oxygen atoms in total. The van der Waals surface area contributed by atoms with Gasteiger partial charge in [0, 0.05) is 22.8 Å². The number of carbonyl (C=O) groups is 1. The number of aromatic nitrogens is 2. The summed E-state index contributed by atoms with van der Waals surface area (Å²) in [7, 11) is 0. The molecular weight excluding hydrogens is 296 g/mol. The Bertz CT molecular complexity index is 784. The maximum Gasteiger partial charge on any atom is 0.223 e. The molecule has 3 rings (SSSR count). The van der Waals surface area contributed by atoms with Crippen molar-refractivity contribution in [3.8, 4) is 5.75 Å². The average Bonchev–Trinajstić information content (AvgIpc) is 3.00. The molecule has 5 heteroatoms. The highest BCUT2D eigenvalue weighted by molar-refractivity contribution is 7.13. The zero-order valence-corrected chi connectivity index (χ0v) is 12.8. The van der Waals surface area contributed by atoms with Crippen LogP contribution in [0.15, 0.2) is 55.0 Å². The van der Waals surface area contributed by atoms with E-state index in [0.717, 1.165) is 10.4 Å². The summed E-state index contributed by atoms with van der Waals surface area (Å²) in [6.45, 7) is 2.36. The van der Waals surface area contributed by atoms with E-state index in [-0.39, 0.29) is 5.78 Å². The smallest absolute Gasteiger partial charge is 0.223 e. The van der Waals surface area contributed by atoms with Crippen molar-refractivity contribution in [2.75, 3.05) is 0 Å². The van der Waals surface area contributed by atoms with Crippen molar-refractivity contribution in [3.05, 3.63) is 76.0 Å². The van der Waals surface area contributed by atoms with E-state index in [0.29, 0.717) is 22.9 Å². The van der Waals surface area contributed by atoms with Crippen molar-refractivity contribution in [1.29, 1.82) is 0 Å². The number of ketones is 1. The standard InChI is InChI=1S/C17H14N2O2S/c1-12-8-19-17(22-12)16(20)14-7-15(10-18-9-14)21-11-13-5-3-2-4-6-13/h2-10H,11H2,1H3. The third-order valence-corrected chi connectivity index (χ3v) is 3.95. The molecule has 3 aromatic rings. The third kappa shape index (κ3) is 3.38. The van der Waals surface area contributed by atoms with Crippen LogP contribution in [-0.2, 0) is 6.61 Å². The highest BCUT2D eigenvalue weighted by Crippen LogP contribution is 2.19. The lowest BCUT2D eigenvalue weighted by Gasteiger charge is -2.06. The van der Waals surface area contributed by atoms with Crippen LogP contribution in [0.25, 0.3) is 0 Å². The van der Waals surface area contributed by atoms with E-state index in [1.807, 2.05) is 37.3 Å². The van der Waals surface area contributed by atoms with Gasteiger partial charge in [0.2, 0.25) is 5.78 Å². The van der Waals surface area contributed by atoms with Crippen LogP contribution in [-0.4, -0.2) is 15.8 Å². The van der Waals surface area contributed by atoms with E-state index in [1.165, 1.54) is 17.5 Å². The Labute approximate surface area is 132 Å². The van der Waals surface area contributed by atoms with Gasteiger partial charge in [0.05, 0.1) is 6.20 Å². The fraction of sp³-hybridized carbons (Fsp3) is 0.118. The lowest BCUT2D eigenvalue weighted by atomic mass is 10.2. The number of thiazole rings is 1. The summed E-state index contributed by atoms with van der Waals surface area (Å²) in [5.41, 5.74) is 1.55. The number of hydrogen-bond donors (Lipinski definition) is 0. The molecule has 0 spiro atoms. The summed E-state index contributed by atoms with van der Waals surface area (Å²) in [5, 5.41) is 0.472. The maximum atomic E-state index is 12.3. The quantitative estimate of drug-likeness (QED) is 0.675.